The lowest BCUT2D eigenvalue weighted by Gasteiger charge is -2.24. The van der Waals surface area contributed by atoms with Gasteiger partial charge in [-0.15, -0.1) is 0 Å². The molecule has 2 heterocycles. The predicted molar refractivity (Wildman–Crippen MR) is 117 cm³/mol. The van der Waals surface area contributed by atoms with Gasteiger partial charge < -0.3 is 14.2 Å². The zero-order valence-electron chi connectivity index (χ0n) is 15.7. The van der Waals surface area contributed by atoms with Crippen molar-refractivity contribution in [2.45, 2.75) is 19.1 Å². The van der Waals surface area contributed by atoms with Crippen LogP contribution in [0.3, 0.4) is 0 Å². The molecule has 2 aromatic carbocycles. The van der Waals surface area contributed by atoms with Gasteiger partial charge in [0.25, 0.3) is 5.91 Å². The summed E-state index contributed by atoms with van der Waals surface area (Å²) in [6.07, 6.45) is 1.69. The number of benzene rings is 2. The maximum absolute atomic E-state index is 13.0. The number of furan rings is 1. The van der Waals surface area contributed by atoms with Gasteiger partial charge in [0.05, 0.1) is 28.6 Å². The van der Waals surface area contributed by atoms with Gasteiger partial charge in [-0.1, -0.05) is 64.2 Å². The van der Waals surface area contributed by atoms with Crippen molar-refractivity contribution in [1.29, 1.82) is 0 Å². The second-order valence-electron chi connectivity index (χ2n) is 6.85. The average molecular weight is 464 g/mol. The number of carbonyl (C=O) groups excluding carboxylic acids is 1. The van der Waals surface area contributed by atoms with Crippen LogP contribution >= 0.6 is 34.8 Å². The first kappa shape index (κ1) is 20.8. The number of hydrogen-bond donors (Lipinski definition) is 0. The fourth-order valence-electron chi connectivity index (χ4n) is 3.23. The van der Waals surface area contributed by atoms with Crippen molar-refractivity contribution >= 4 is 46.4 Å². The minimum Gasteiger partial charge on any atom is -0.459 e. The summed E-state index contributed by atoms with van der Waals surface area (Å²) in [7, 11) is 0. The number of carbonyl (C=O) groups is 1. The van der Waals surface area contributed by atoms with Gasteiger partial charge in [-0.3, -0.25) is 4.79 Å². The number of rotatable bonds is 6. The molecule has 1 amide bonds. The molecule has 0 spiro atoms. The van der Waals surface area contributed by atoms with E-state index in [4.69, 9.17) is 44.1 Å². The van der Waals surface area contributed by atoms with E-state index >= 15 is 0 Å². The van der Waals surface area contributed by atoms with E-state index in [-0.39, 0.29) is 17.8 Å². The summed E-state index contributed by atoms with van der Waals surface area (Å²) in [5.41, 5.74) is 2.42. The van der Waals surface area contributed by atoms with Crippen molar-refractivity contribution < 1.29 is 14.0 Å². The molecular formula is C22H17Cl3N2O3. The molecule has 1 aliphatic heterocycles. The van der Waals surface area contributed by atoms with Crippen LogP contribution in [-0.2, 0) is 11.4 Å². The molecule has 8 heteroatoms. The minimum atomic E-state index is -0.309. The van der Waals surface area contributed by atoms with E-state index in [0.29, 0.717) is 34.6 Å². The lowest BCUT2D eigenvalue weighted by Crippen LogP contribution is -2.37. The Hall–Kier alpha value is -2.47. The van der Waals surface area contributed by atoms with Crippen molar-refractivity contribution in [3.8, 4) is 0 Å². The Kier molecular flexibility index (Phi) is 6.32. The Labute approximate surface area is 188 Å². The van der Waals surface area contributed by atoms with Crippen LogP contribution in [0.5, 0.6) is 0 Å². The van der Waals surface area contributed by atoms with Gasteiger partial charge in [-0.2, -0.15) is 0 Å². The number of nitrogens with zero attached hydrogens (tertiary/aromatic N) is 2. The van der Waals surface area contributed by atoms with E-state index in [9.17, 15) is 4.79 Å². The SMILES string of the molecule is O=C(c1ccco1)N(Cc1ccccc1Cl)CC1CC(c2ccc(Cl)c(Cl)c2)=NO1. The van der Waals surface area contributed by atoms with Crippen molar-refractivity contribution in [2.75, 3.05) is 6.54 Å². The van der Waals surface area contributed by atoms with Crippen LogP contribution in [-0.4, -0.2) is 29.2 Å². The summed E-state index contributed by atoms with van der Waals surface area (Å²) < 4.78 is 5.30. The third kappa shape index (κ3) is 4.64. The van der Waals surface area contributed by atoms with Gasteiger partial charge in [-0.25, -0.2) is 0 Å². The van der Waals surface area contributed by atoms with Crippen LogP contribution in [0, 0.1) is 0 Å². The maximum atomic E-state index is 13.0. The fraction of sp³-hybridized carbons (Fsp3) is 0.182. The normalized spacial score (nSPS) is 15.6. The van der Waals surface area contributed by atoms with Crippen LogP contribution in [0.1, 0.15) is 28.1 Å². The highest BCUT2D eigenvalue weighted by Gasteiger charge is 2.29. The van der Waals surface area contributed by atoms with Gasteiger partial charge in [-0.05, 0) is 35.9 Å². The summed E-state index contributed by atoms with van der Waals surface area (Å²) in [6.45, 7) is 0.639. The summed E-state index contributed by atoms with van der Waals surface area (Å²) in [5.74, 6) is 0.0113. The summed E-state index contributed by atoms with van der Waals surface area (Å²) >= 11 is 18.4. The largest absolute Gasteiger partial charge is 0.459 e. The lowest BCUT2D eigenvalue weighted by molar-refractivity contribution is 0.0387. The number of halogens is 3. The molecule has 1 aliphatic rings. The van der Waals surface area contributed by atoms with E-state index in [1.807, 2.05) is 24.3 Å². The number of amides is 1. The molecule has 3 aromatic rings. The predicted octanol–water partition coefficient (Wildman–Crippen LogP) is 6.08. The summed E-state index contributed by atoms with van der Waals surface area (Å²) in [5, 5.41) is 5.71. The molecule has 0 N–H and O–H groups in total. The molecule has 0 radical (unpaired) electrons. The quantitative estimate of drug-likeness (QED) is 0.445. The third-order valence-electron chi connectivity index (χ3n) is 4.75. The van der Waals surface area contributed by atoms with Gasteiger partial charge in [0.2, 0.25) is 0 Å². The zero-order valence-corrected chi connectivity index (χ0v) is 18.0. The first-order valence-corrected chi connectivity index (χ1v) is 10.4. The molecule has 0 saturated carbocycles. The third-order valence-corrected chi connectivity index (χ3v) is 5.86. The van der Waals surface area contributed by atoms with E-state index in [0.717, 1.165) is 16.8 Å². The minimum absolute atomic E-state index is 0.244. The second-order valence-corrected chi connectivity index (χ2v) is 8.07. The van der Waals surface area contributed by atoms with Gasteiger partial charge in [0.15, 0.2) is 11.9 Å². The lowest BCUT2D eigenvalue weighted by atomic mass is 10.0. The Morgan fingerprint density at radius 2 is 1.87 bits per heavy atom. The van der Waals surface area contributed by atoms with Crippen LogP contribution in [0.4, 0.5) is 0 Å². The highest BCUT2D eigenvalue weighted by molar-refractivity contribution is 6.42. The van der Waals surface area contributed by atoms with Crippen molar-refractivity contribution in [3.05, 3.63) is 92.8 Å². The molecule has 0 saturated heterocycles. The van der Waals surface area contributed by atoms with E-state index in [1.54, 1.807) is 35.2 Å². The van der Waals surface area contributed by atoms with Crippen molar-refractivity contribution in [1.82, 2.24) is 4.90 Å². The molecular weight excluding hydrogens is 447 g/mol. The van der Waals surface area contributed by atoms with Gasteiger partial charge >= 0.3 is 0 Å². The molecule has 30 heavy (non-hydrogen) atoms. The zero-order chi connectivity index (χ0) is 21.1. The van der Waals surface area contributed by atoms with E-state index < -0.39 is 0 Å². The summed E-state index contributed by atoms with van der Waals surface area (Å²) in [4.78, 5) is 20.3. The smallest absolute Gasteiger partial charge is 0.289 e. The molecule has 154 valence electrons. The monoisotopic (exact) mass is 462 g/mol. The Morgan fingerprint density at radius 3 is 2.60 bits per heavy atom. The highest BCUT2D eigenvalue weighted by Crippen LogP contribution is 2.26. The molecule has 1 aromatic heterocycles. The van der Waals surface area contributed by atoms with Gasteiger partial charge in [0.1, 0.15) is 0 Å². The Balaban J connectivity index is 1.50. The van der Waals surface area contributed by atoms with Crippen LogP contribution < -0.4 is 0 Å². The molecule has 4 rings (SSSR count). The molecule has 0 bridgehead atoms. The standard InChI is InChI=1S/C22H17Cl3N2O3/c23-17-5-2-1-4-15(17)12-27(22(28)21-6-3-9-29-21)13-16-11-20(26-30-16)14-7-8-18(24)19(25)10-14/h1-10,16H,11-13H2. The maximum Gasteiger partial charge on any atom is 0.289 e. The molecule has 1 unspecified atom stereocenters. The van der Waals surface area contributed by atoms with Crippen LogP contribution in [0.15, 0.2) is 70.4 Å². The fourth-order valence-corrected chi connectivity index (χ4v) is 3.72. The molecule has 5 nitrogen and oxygen atoms in total. The average Bonchev–Trinajstić information content (AvgIpc) is 3.43. The first-order chi connectivity index (χ1) is 14.5. The van der Waals surface area contributed by atoms with Crippen LogP contribution in [0.2, 0.25) is 15.1 Å². The van der Waals surface area contributed by atoms with E-state index in [2.05, 4.69) is 5.16 Å². The van der Waals surface area contributed by atoms with Crippen molar-refractivity contribution in [3.63, 3.8) is 0 Å². The number of oxime groups is 1. The van der Waals surface area contributed by atoms with Crippen molar-refractivity contribution in [2.24, 2.45) is 5.16 Å². The van der Waals surface area contributed by atoms with Gasteiger partial charge in [0, 0.05) is 23.6 Å². The number of hydrogen-bond acceptors (Lipinski definition) is 4. The first-order valence-electron chi connectivity index (χ1n) is 9.25. The molecule has 1 atom stereocenters. The Bertz CT molecular complexity index is 1080. The molecule has 0 aliphatic carbocycles. The second kappa shape index (κ2) is 9.13. The Morgan fingerprint density at radius 1 is 1.03 bits per heavy atom. The molecule has 0 fully saturated rings. The van der Waals surface area contributed by atoms with Crippen LogP contribution in [0.25, 0.3) is 0 Å². The topological polar surface area (TPSA) is 55.0 Å². The summed E-state index contributed by atoms with van der Waals surface area (Å²) in [6, 6.07) is 16.0. The highest BCUT2D eigenvalue weighted by atomic mass is 35.5. The van der Waals surface area contributed by atoms with E-state index in [1.165, 1.54) is 6.26 Å².